The number of aryl methyl sites for hydroxylation is 1. The second kappa shape index (κ2) is 9.60. The van der Waals surface area contributed by atoms with Crippen LogP contribution in [0.1, 0.15) is 26.3 Å². The molecule has 0 radical (unpaired) electrons. The van der Waals surface area contributed by atoms with Gasteiger partial charge in [-0.2, -0.15) is 4.98 Å². The van der Waals surface area contributed by atoms with Crippen molar-refractivity contribution >= 4 is 39.8 Å². The minimum atomic E-state index is -0.365. The van der Waals surface area contributed by atoms with Gasteiger partial charge in [-0.1, -0.05) is 26.8 Å². The number of anilines is 3. The average molecular weight is 449 g/mol. The molecule has 10 nitrogen and oxygen atoms in total. The lowest BCUT2D eigenvalue weighted by atomic mass is 9.89. The van der Waals surface area contributed by atoms with Crippen LogP contribution in [-0.2, 0) is 4.79 Å². The van der Waals surface area contributed by atoms with Gasteiger partial charge >= 0.3 is 6.01 Å². The van der Waals surface area contributed by atoms with E-state index in [1.165, 1.54) is 13.4 Å². The normalized spacial score (nSPS) is 11.8. The third-order valence-corrected chi connectivity index (χ3v) is 4.90. The third kappa shape index (κ3) is 5.59. The van der Waals surface area contributed by atoms with Crippen LogP contribution in [0.3, 0.4) is 0 Å². The van der Waals surface area contributed by atoms with E-state index >= 15 is 0 Å². The fourth-order valence-corrected chi connectivity index (χ4v) is 2.80. The van der Waals surface area contributed by atoms with Crippen LogP contribution in [0.5, 0.6) is 6.01 Å². The van der Waals surface area contributed by atoms with Crippen molar-refractivity contribution in [1.29, 1.82) is 5.41 Å². The summed E-state index contributed by atoms with van der Waals surface area (Å²) in [6, 6.07) is 5.72. The predicted molar refractivity (Wildman–Crippen MR) is 129 cm³/mol. The van der Waals surface area contributed by atoms with E-state index in [0.29, 0.717) is 33.9 Å². The molecule has 2 aromatic heterocycles. The number of benzene rings is 1. The molecular weight excluding hydrogens is 420 g/mol. The summed E-state index contributed by atoms with van der Waals surface area (Å²) in [5, 5.41) is 17.2. The molecule has 0 saturated carbocycles. The van der Waals surface area contributed by atoms with E-state index in [2.05, 4.69) is 35.9 Å². The van der Waals surface area contributed by atoms with Crippen LogP contribution in [0.4, 0.5) is 17.2 Å². The van der Waals surface area contributed by atoms with Gasteiger partial charge in [0.15, 0.2) is 5.82 Å². The molecule has 4 N–H and O–H groups in total. The van der Waals surface area contributed by atoms with E-state index in [-0.39, 0.29) is 17.3 Å². The van der Waals surface area contributed by atoms with Crippen molar-refractivity contribution in [2.24, 2.45) is 5.41 Å². The van der Waals surface area contributed by atoms with E-state index in [1.54, 1.807) is 19.3 Å². The zero-order valence-corrected chi connectivity index (χ0v) is 19.6. The first kappa shape index (κ1) is 23.6. The second-order valence-corrected chi connectivity index (χ2v) is 8.39. The largest absolute Gasteiger partial charge is 0.467 e. The first-order chi connectivity index (χ1) is 15.6. The quantitative estimate of drug-likeness (QED) is 0.318. The summed E-state index contributed by atoms with van der Waals surface area (Å²) in [7, 11) is 3.14. The van der Waals surface area contributed by atoms with Crippen LogP contribution in [0.15, 0.2) is 42.5 Å². The molecule has 0 saturated heterocycles. The minimum absolute atomic E-state index is 0.213. The minimum Gasteiger partial charge on any atom is -0.467 e. The number of carbonyl (C=O) groups excluding carboxylic acids is 1. The van der Waals surface area contributed by atoms with Gasteiger partial charge in [0.25, 0.3) is 5.91 Å². The van der Waals surface area contributed by atoms with E-state index in [9.17, 15) is 4.79 Å². The zero-order valence-electron chi connectivity index (χ0n) is 19.6. The number of hydrogen-bond donors (Lipinski definition) is 4. The third-order valence-electron chi connectivity index (χ3n) is 4.90. The molecule has 0 aliphatic heterocycles. The van der Waals surface area contributed by atoms with Crippen LogP contribution in [0.25, 0.3) is 11.0 Å². The van der Waals surface area contributed by atoms with Crippen molar-refractivity contribution in [1.82, 2.24) is 25.3 Å². The maximum atomic E-state index is 12.8. The fraction of sp³-hybridized carbons (Fsp3) is 0.304. The molecule has 10 heteroatoms. The standard InChI is InChI=1S/C23H28N8O2/c1-13-7-8-14(29-21(32)16(25-5)10-18(24)23(2,3)4)9-15(13)30-20-19-17(27-12-28-20)11-26-22(31-19)33-6/h7-12,24-25H,1-6H3,(H,29,32)(H,27,28,30)/b16-10-,24-18?. The topological polar surface area (TPSA) is 138 Å². The summed E-state index contributed by atoms with van der Waals surface area (Å²) >= 11 is 0. The number of nitrogens with zero attached hydrogens (tertiary/aromatic N) is 4. The Hall–Kier alpha value is -4.08. The summed E-state index contributed by atoms with van der Waals surface area (Å²) in [6.07, 6.45) is 4.54. The van der Waals surface area contributed by atoms with Gasteiger partial charge in [-0.05, 0) is 30.7 Å². The molecule has 0 fully saturated rings. The fourth-order valence-electron chi connectivity index (χ4n) is 2.80. The first-order valence-electron chi connectivity index (χ1n) is 10.3. The number of ether oxygens (including phenoxy) is 1. The molecule has 1 amide bonds. The van der Waals surface area contributed by atoms with Crippen molar-refractivity contribution in [2.45, 2.75) is 27.7 Å². The molecule has 0 spiro atoms. The van der Waals surface area contributed by atoms with E-state index < -0.39 is 0 Å². The Morgan fingerprint density at radius 3 is 2.61 bits per heavy atom. The molecule has 3 aromatic rings. The summed E-state index contributed by atoms with van der Waals surface area (Å²) in [5.74, 6) is 0.146. The van der Waals surface area contributed by atoms with Crippen LogP contribution >= 0.6 is 0 Å². The highest BCUT2D eigenvalue weighted by molar-refractivity contribution is 6.09. The maximum absolute atomic E-state index is 12.8. The second-order valence-electron chi connectivity index (χ2n) is 8.39. The Kier molecular flexibility index (Phi) is 6.86. The Morgan fingerprint density at radius 2 is 1.94 bits per heavy atom. The lowest BCUT2D eigenvalue weighted by Gasteiger charge is -2.18. The lowest BCUT2D eigenvalue weighted by molar-refractivity contribution is -0.113. The van der Waals surface area contributed by atoms with Crippen molar-refractivity contribution < 1.29 is 9.53 Å². The van der Waals surface area contributed by atoms with Crippen molar-refractivity contribution in [3.63, 3.8) is 0 Å². The molecule has 0 aliphatic rings. The van der Waals surface area contributed by atoms with Gasteiger partial charge in [-0.25, -0.2) is 15.0 Å². The highest BCUT2D eigenvalue weighted by Crippen LogP contribution is 2.27. The highest BCUT2D eigenvalue weighted by atomic mass is 16.5. The van der Waals surface area contributed by atoms with Crippen molar-refractivity contribution in [3.05, 3.63) is 48.1 Å². The molecular formula is C23H28N8O2. The number of allylic oxidation sites excluding steroid dienone is 1. The number of fused-ring (bicyclic) bond motifs is 1. The van der Waals surface area contributed by atoms with Crippen molar-refractivity contribution in [2.75, 3.05) is 24.8 Å². The van der Waals surface area contributed by atoms with Crippen LogP contribution in [-0.4, -0.2) is 45.7 Å². The number of rotatable bonds is 7. The highest BCUT2D eigenvalue weighted by Gasteiger charge is 2.18. The molecule has 0 aliphatic carbocycles. The Labute approximate surface area is 192 Å². The van der Waals surface area contributed by atoms with E-state index in [1.807, 2.05) is 45.9 Å². The number of aromatic nitrogens is 4. The number of likely N-dealkylation sites (N-methyl/N-ethyl adjacent to an activating group) is 1. The SMILES string of the molecule is CN/C(=C\C(=N)C(C)(C)C)C(=O)Nc1ccc(C)c(Nc2ncnc3cnc(OC)nc23)c1. The number of nitrogens with one attached hydrogen (secondary N) is 4. The molecule has 2 heterocycles. The molecule has 172 valence electrons. The molecule has 0 bridgehead atoms. The van der Waals surface area contributed by atoms with Crippen LogP contribution in [0, 0.1) is 17.7 Å². The Balaban J connectivity index is 1.87. The molecule has 0 atom stereocenters. The molecule has 0 unspecified atom stereocenters. The van der Waals surface area contributed by atoms with Gasteiger partial charge in [0.05, 0.1) is 13.3 Å². The van der Waals surface area contributed by atoms with Gasteiger partial charge in [0.1, 0.15) is 23.1 Å². The predicted octanol–water partition coefficient (Wildman–Crippen LogP) is 3.59. The molecule has 33 heavy (non-hydrogen) atoms. The van der Waals surface area contributed by atoms with Crippen molar-refractivity contribution in [3.8, 4) is 6.01 Å². The summed E-state index contributed by atoms with van der Waals surface area (Å²) in [4.78, 5) is 29.7. The van der Waals surface area contributed by atoms with Gasteiger partial charge in [0, 0.05) is 29.5 Å². The summed E-state index contributed by atoms with van der Waals surface area (Å²) in [5.41, 5.74) is 3.64. The van der Waals surface area contributed by atoms with Gasteiger partial charge in [-0.15, -0.1) is 0 Å². The van der Waals surface area contributed by atoms with Gasteiger partial charge in [-0.3, -0.25) is 4.79 Å². The number of methoxy groups -OCH3 is 1. The number of hydrogen-bond acceptors (Lipinski definition) is 9. The smallest absolute Gasteiger partial charge is 0.316 e. The Bertz CT molecular complexity index is 1230. The van der Waals surface area contributed by atoms with Crippen LogP contribution in [0.2, 0.25) is 0 Å². The van der Waals surface area contributed by atoms with Gasteiger partial charge in [0.2, 0.25) is 0 Å². The van der Waals surface area contributed by atoms with E-state index in [4.69, 9.17) is 10.1 Å². The summed E-state index contributed by atoms with van der Waals surface area (Å²) < 4.78 is 5.12. The van der Waals surface area contributed by atoms with Gasteiger partial charge < -0.3 is 26.1 Å². The molecule has 3 rings (SSSR count). The summed E-state index contributed by atoms with van der Waals surface area (Å²) in [6.45, 7) is 7.71. The zero-order chi connectivity index (χ0) is 24.2. The molecule has 1 aromatic carbocycles. The first-order valence-corrected chi connectivity index (χ1v) is 10.3. The van der Waals surface area contributed by atoms with Crippen LogP contribution < -0.4 is 20.7 Å². The maximum Gasteiger partial charge on any atom is 0.316 e. The van der Waals surface area contributed by atoms with E-state index in [0.717, 1.165) is 11.3 Å². The number of amides is 1. The lowest BCUT2D eigenvalue weighted by Crippen LogP contribution is -2.26. The average Bonchev–Trinajstić information content (AvgIpc) is 2.78. The monoisotopic (exact) mass is 448 g/mol. The number of carbonyl (C=O) groups is 1. The Morgan fingerprint density at radius 1 is 1.18 bits per heavy atom.